The second kappa shape index (κ2) is 7.70. The van der Waals surface area contributed by atoms with Gasteiger partial charge in [-0.15, -0.1) is 0 Å². The highest BCUT2D eigenvalue weighted by Crippen LogP contribution is 2.26. The Morgan fingerprint density at radius 3 is 2.27 bits per heavy atom. The van der Waals surface area contributed by atoms with Gasteiger partial charge >= 0.3 is 6.03 Å². The van der Waals surface area contributed by atoms with Gasteiger partial charge in [-0.2, -0.15) is 0 Å². The third-order valence-corrected chi connectivity index (χ3v) is 4.80. The average Bonchev–Trinajstić information content (AvgIpc) is 2.86. The van der Waals surface area contributed by atoms with Gasteiger partial charge in [-0.05, 0) is 38.1 Å². The highest BCUT2D eigenvalue weighted by Gasteiger charge is 2.43. The quantitative estimate of drug-likeness (QED) is 0.747. The van der Waals surface area contributed by atoms with Crippen LogP contribution >= 0.6 is 0 Å². The molecular formula is C21H25N3O2. The van der Waals surface area contributed by atoms with E-state index in [9.17, 15) is 9.59 Å². The van der Waals surface area contributed by atoms with Gasteiger partial charge in [-0.25, -0.2) is 9.69 Å². The number of benzene rings is 2. The van der Waals surface area contributed by atoms with Gasteiger partial charge in [0.05, 0.1) is 6.67 Å². The number of nitrogens with zero attached hydrogens (tertiary/aromatic N) is 3. The number of hydrogen-bond acceptors (Lipinski definition) is 3. The van der Waals surface area contributed by atoms with Gasteiger partial charge in [0, 0.05) is 12.2 Å². The molecule has 0 aliphatic carbocycles. The Labute approximate surface area is 154 Å². The number of aryl methyl sites for hydroxylation is 1. The standard InChI is InChI=1S/C21H25N3O2/c1-4-22(14-18-8-6-5-7-9-18)15-23-20(25)17(3)24(21(23)26)19-12-10-16(2)11-13-19/h5-13,17H,4,14-15H2,1-3H3/t17-/m1/s1. The van der Waals surface area contributed by atoms with E-state index in [1.54, 1.807) is 11.8 Å². The van der Waals surface area contributed by atoms with E-state index >= 15 is 0 Å². The number of imide groups is 1. The fourth-order valence-electron chi connectivity index (χ4n) is 3.20. The Bertz CT molecular complexity index is 774. The molecule has 1 atom stereocenters. The van der Waals surface area contributed by atoms with Crippen LogP contribution in [0.1, 0.15) is 25.0 Å². The minimum Gasteiger partial charge on any atom is -0.282 e. The number of rotatable bonds is 6. The summed E-state index contributed by atoms with van der Waals surface area (Å²) in [6.07, 6.45) is 0. The van der Waals surface area contributed by atoms with Gasteiger partial charge in [0.1, 0.15) is 6.04 Å². The first-order chi connectivity index (χ1) is 12.5. The molecule has 2 aromatic carbocycles. The summed E-state index contributed by atoms with van der Waals surface area (Å²) in [6.45, 7) is 7.58. The van der Waals surface area contributed by atoms with Crippen molar-refractivity contribution >= 4 is 17.6 Å². The lowest BCUT2D eigenvalue weighted by molar-refractivity contribution is -0.128. The van der Waals surface area contributed by atoms with Crippen molar-refractivity contribution in [1.29, 1.82) is 0 Å². The van der Waals surface area contributed by atoms with Gasteiger partial charge in [0.25, 0.3) is 5.91 Å². The van der Waals surface area contributed by atoms with Crippen LogP contribution in [0.15, 0.2) is 54.6 Å². The van der Waals surface area contributed by atoms with Crippen LogP contribution in [0.4, 0.5) is 10.5 Å². The van der Waals surface area contributed by atoms with Gasteiger partial charge in [-0.1, -0.05) is 55.0 Å². The molecular weight excluding hydrogens is 326 g/mol. The highest BCUT2D eigenvalue weighted by atomic mass is 16.2. The lowest BCUT2D eigenvalue weighted by atomic mass is 10.2. The number of carbonyl (C=O) groups is 2. The third kappa shape index (κ3) is 3.63. The Kier molecular flexibility index (Phi) is 5.38. The molecule has 1 aliphatic rings. The molecule has 0 saturated carbocycles. The molecule has 0 bridgehead atoms. The number of carbonyl (C=O) groups excluding carboxylic acids is 2. The summed E-state index contributed by atoms with van der Waals surface area (Å²) in [7, 11) is 0. The van der Waals surface area contributed by atoms with Crippen LogP contribution < -0.4 is 4.90 Å². The fraction of sp³-hybridized carbons (Fsp3) is 0.333. The Hall–Kier alpha value is -2.66. The predicted molar refractivity (Wildman–Crippen MR) is 103 cm³/mol. The first-order valence-electron chi connectivity index (χ1n) is 8.98. The van der Waals surface area contributed by atoms with Gasteiger partial charge < -0.3 is 0 Å². The van der Waals surface area contributed by atoms with Crippen molar-refractivity contribution < 1.29 is 9.59 Å². The summed E-state index contributed by atoms with van der Waals surface area (Å²) in [5.41, 5.74) is 3.04. The molecule has 0 spiro atoms. The molecule has 0 N–H and O–H groups in total. The summed E-state index contributed by atoms with van der Waals surface area (Å²) < 4.78 is 0. The minimum absolute atomic E-state index is 0.151. The van der Waals surface area contributed by atoms with Crippen molar-refractivity contribution in [2.45, 2.75) is 33.4 Å². The highest BCUT2D eigenvalue weighted by molar-refractivity contribution is 6.14. The topological polar surface area (TPSA) is 43.9 Å². The number of anilines is 1. The molecule has 1 heterocycles. The Balaban J connectivity index is 1.76. The average molecular weight is 351 g/mol. The van der Waals surface area contributed by atoms with E-state index in [0.29, 0.717) is 13.2 Å². The van der Waals surface area contributed by atoms with E-state index in [2.05, 4.69) is 17.0 Å². The van der Waals surface area contributed by atoms with Gasteiger partial charge in [-0.3, -0.25) is 14.6 Å². The molecule has 0 aromatic heterocycles. The van der Waals surface area contributed by atoms with Crippen molar-refractivity contribution in [3.63, 3.8) is 0 Å². The van der Waals surface area contributed by atoms with E-state index in [1.807, 2.05) is 56.3 Å². The van der Waals surface area contributed by atoms with Crippen LogP contribution in [0.25, 0.3) is 0 Å². The molecule has 1 fully saturated rings. The maximum Gasteiger partial charge on any atom is 0.333 e. The van der Waals surface area contributed by atoms with E-state index in [1.165, 1.54) is 4.90 Å². The van der Waals surface area contributed by atoms with Gasteiger partial charge in [0.15, 0.2) is 0 Å². The maximum absolute atomic E-state index is 12.9. The fourth-order valence-corrected chi connectivity index (χ4v) is 3.20. The van der Waals surface area contributed by atoms with Crippen LogP contribution in [0.3, 0.4) is 0 Å². The van der Waals surface area contributed by atoms with E-state index in [-0.39, 0.29) is 11.9 Å². The van der Waals surface area contributed by atoms with Crippen LogP contribution in [-0.2, 0) is 11.3 Å². The zero-order chi connectivity index (χ0) is 18.7. The van der Waals surface area contributed by atoms with Crippen molar-refractivity contribution in [2.24, 2.45) is 0 Å². The summed E-state index contributed by atoms with van der Waals surface area (Å²) in [5.74, 6) is -0.151. The molecule has 3 amide bonds. The molecule has 0 unspecified atom stereocenters. The number of amides is 3. The second-order valence-electron chi connectivity index (χ2n) is 6.70. The lowest BCUT2D eigenvalue weighted by Crippen LogP contribution is -2.42. The van der Waals surface area contributed by atoms with Crippen molar-refractivity contribution in [3.8, 4) is 0 Å². The number of hydrogen-bond donors (Lipinski definition) is 0. The first-order valence-corrected chi connectivity index (χ1v) is 8.98. The Morgan fingerprint density at radius 2 is 1.65 bits per heavy atom. The molecule has 26 heavy (non-hydrogen) atoms. The summed E-state index contributed by atoms with van der Waals surface area (Å²) >= 11 is 0. The zero-order valence-electron chi connectivity index (χ0n) is 15.6. The Morgan fingerprint density at radius 1 is 1.00 bits per heavy atom. The molecule has 136 valence electrons. The molecule has 1 aliphatic heterocycles. The predicted octanol–water partition coefficient (Wildman–Crippen LogP) is 3.63. The monoisotopic (exact) mass is 351 g/mol. The SMILES string of the molecule is CCN(Cc1ccccc1)CN1C(=O)[C@@H](C)N(c2ccc(C)cc2)C1=O. The van der Waals surface area contributed by atoms with Crippen LogP contribution in [0, 0.1) is 6.92 Å². The molecule has 3 rings (SSSR count). The van der Waals surface area contributed by atoms with Crippen LogP contribution in [0.5, 0.6) is 0 Å². The molecule has 0 radical (unpaired) electrons. The molecule has 5 nitrogen and oxygen atoms in total. The summed E-state index contributed by atoms with van der Waals surface area (Å²) in [6, 6.07) is 17.0. The largest absolute Gasteiger partial charge is 0.333 e. The zero-order valence-corrected chi connectivity index (χ0v) is 15.6. The van der Waals surface area contributed by atoms with E-state index in [0.717, 1.165) is 23.4 Å². The summed E-state index contributed by atoms with van der Waals surface area (Å²) in [4.78, 5) is 30.7. The summed E-state index contributed by atoms with van der Waals surface area (Å²) in [5, 5.41) is 0. The van der Waals surface area contributed by atoms with Crippen LogP contribution in [0.2, 0.25) is 0 Å². The van der Waals surface area contributed by atoms with E-state index in [4.69, 9.17) is 0 Å². The third-order valence-electron chi connectivity index (χ3n) is 4.80. The van der Waals surface area contributed by atoms with Gasteiger partial charge in [0.2, 0.25) is 0 Å². The molecule has 1 saturated heterocycles. The van der Waals surface area contributed by atoms with Crippen molar-refractivity contribution in [1.82, 2.24) is 9.80 Å². The minimum atomic E-state index is -0.486. The first kappa shape index (κ1) is 18.1. The van der Waals surface area contributed by atoms with Crippen molar-refractivity contribution in [3.05, 3.63) is 65.7 Å². The smallest absolute Gasteiger partial charge is 0.282 e. The molecule has 2 aromatic rings. The van der Waals surface area contributed by atoms with Crippen LogP contribution in [-0.4, -0.2) is 41.0 Å². The maximum atomic E-state index is 12.9. The normalized spacial score (nSPS) is 17.5. The van der Waals surface area contributed by atoms with E-state index < -0.39 is 6.04 Å². The number of urea groups is 1. The second-order valence-corrected chi connectivity index (χ2v) is 6.70. The lowest BCUT2D eigenvalue weighted by Gasteiger charge is -2.25. The van der Waals surface area contributed by atoms with Crippen molar-refractivity contribution in [2.75, 3.05) is 18.1 Å². The molecule has 5 heteroatoms.